The predicted molar refractivity (Wildman–Crippen MR) is 84.8 cm³/mol. The van der Waals surface area contributed by atoms with Gasteiger partial charge in [-0.3, -0.25) is 4.79 Å². The van der Waals surface area contributed by atoms with Crippen molar-refractivity contribution >= 4 is 17.1 Å². The van der Waals surface area contributed by atoms with E-state index in [2.05, 4.69) is 25.1 Å². The number of aryl methyl sites for hydroxylation is 3. The number of benzene rings is 1. The quantitative estimate of drug-likeness (QED) is 0.736. The summed E-state index contributed by atoms with van der Waals surface area (Å²) < 4.78 is 0. The zero-order valence-corrected chi connectivity index (χ0v) is 12.8. The molecule has 0 fully saturated rings. The first-order valence-corrected chi connectivity index (χ1v) is 8.35. The molecule has 0 saturated heterocycles. The third-order valence-corrected chi connectivity index (χ3v) is 5.21. The maximum absolute atomic E-state index is 12.5. The Morgan fingerprint density at radius 1 is 1.15 bits per heavy atom. The van der Waals surface area contributed by atoms with Crippen LogP contribution < -0.4 is 0 Å². The Bertz CT molecular complexity index is 583. The molecule has 0 N–H and O–H groups in total. The summed E-state index contributed by atoms with van der Waals surface area (Å²) in [7, 11) is 0. The number of hydrogen-bond acceptors (Lipinski definition) is 2. The van der Waals surface area contributed by atoms with Gasteiger partial charge in [-0.1, -0.05) is 37.6 Å². The van der Waals surface area contributed by atoms with Crippen molar-refractivity contribution in [1.29, 1.82) is 0 Å². The molecule has 0 bridgehead atoms. The van der Waals surface area contributed by atoms with Crippen LogP contribution in [0.25, 0.3) is 0 Å². The first kappa shape index (κ1) is 13.6. The van der Waals surface area contributed by atoms with Crippen LogP contribution in [0.4, 0.5) is 0 Å². The number of hydrogen-bond donors (Lipinski definition) is 0. The smallest absolute Gasteiger partial charge is 0.202 e. The standard InChI is InChI=1S/C18H20OS/c1-2-5-13-8-10-14(11-9-13)18(19)17-12-15-6-3-4-7-16(15)20-17/h8-12H,2-7H2,1H3. The number of thiophene rings is 1. The summed E-state index contributed by atoms with van der Waals surface area (Å²) >= 11 is 1.70. The molecule has 1 aliphatic rings. The van der Waals surface area contributed by atoms with Crippen molar-refractivity contribution in [2.24, 2.45) is 0 Å². The van der Waals surface area contributed by atoms with Crippen LogP contribution >= 0.6 is 11.3 Å². The van der Waals surface area contributed by atoms with Crippen LogP contribution in [-0.4, -0.2) is 5.78 Å². The fourth-order valence-electron chi connectivity index (χ4n) is 2.86. The third-order valence-electron chi connectivity index (χ3n) is 3.98. The van der Waals surface area contributed by atoms with Gasteiger partial charge in [0.25, 0.3) is 0 Å². The van der Waals surface area contributed by atoms with Gasteiger partial charge in [0, 0.05) is 10.4 Å². The minimum Gasteiger partial charge on any atom is -0.288 e. The van der Waals surface area contributed by atoms with Gasteiger partial charge in [0.15, 0.2) is 0 Å². The molecule has 0 spiro atoms. The largest absolute Gasteiger partial charge is 0.288 e. The van der Waals surface area contributed by atoms with Crippen LogP contribution in [0.2, 0.25) is 0 Å². The fraction of sp³-hybridized carbons (Fsp3) is 0.389. The van der Waals surface area contributed by atoms with E-state index in [0.717, 1.165) is 36.1 Å². The van der Waals surface area contributed by atoms with E-state index >= 15 is 0 Å². The molecular weight excluding hydrogens is 264 g/mol. The molecule has 2 heteroatoms. The highest BCUT2D eigenvalue weighted by Crippen LogP contribution is 2.30. The highest BCUT2D eigenvalue weighted by Gasteiger charge is 2.18. The van der Waals surface area contributed by atoms with Crippen molar-refractivity contribution in [2.75, 3.05) is 0 Å². The summed E-state index contributed by atoms with van der Waals surface area (Å²) in [6.45, 7) is 2.18. The Morgan fingerprint density at radius 2 is 1.90 bits per heavy atom. The van der Waals surface area contributed by atoms with E-state index < -0.39 is 0 Å². The van der Waals surface area contributed by atoms with Gasteiger partial charge in [-0.2, -0.15) is 0 Å². The van der Waals surface area contributed by atoms with Gasteiger partial charge < -0.3 is 0 Å². The Hall–Kier alpha value is -1.41. The number of carbonyl (C=O) groups excluding carboxylic acids is 1. The number of rotatable bonds is 4. The van der Waals surface area contributed by atoms with Crippen LogP contribution in [0.1, 0.15) is 57.4 Å². The predicted octanol–water partition coefficient (Wildman–Crippen LogP) is 4.81. The molecule has 0 unspecified atom stereocenters. The molecule has 1 aromatic carbocycles. The Morgan fingerprint density at radius 3 is 2.60 bits per heavy atom. The normalized spacial score (nSPS) is 14.1. The SMILES string of the molecule is CCCc1ccc(C(=O)c2cc3c(s2)CCCC3)cc1. The van der Waals surface area contributed by atoms with E-state index in [9.17, 15) is 4.79 Å². The lowest BCUT2D eigenvalue weighted by Gasteiger charge is -2.08. The molecule has 0 atom stereocenters. The van der Waals surface area contributed by atoms with Crippen LogP contribution in [0.15, 0.2) is 30.3 Å². The lowest BCUT2D eigenvalue weighted by molar-refractivity contribution is 0.104. The van der Waals surface area contributed by atoms with Crippen molar-refractivity contribution in [3.05, 3.63) is 56.8 Å². The topological polar surface area (TPSA) is 17.1 Å². The average Bonchev–Trinajstić information content (AvgIpc) is 2.91. The summed E-state index contributed by atoms with van der Waals surface area (Å²) in [5, 5.41) is 0. The molecule has 20 heavy (non-hydrogen) atoms. The molecule has 3 rings (SSSR count). The summed E-state index contributed by atoms with van der Waals surface area (Å²) in [4.78, 5) is 14.9. The lowest BCUT2D eigenvalue weighted by Crippen LogP contribution is -1.99. The van der Waals surface area contributed by atoms with Crippen molar-refractivity contribution in [1.82, 2.24) is 0 Å². The second kappa shape index (κ2) is 5.92. The monoisotopic (exact) mass is 284 g/mol. The van der Waals surface area contributed by atoms with Gasteiger partial charge in [0.2, 0.25) is 5.78 Å². The van der Waals surface area contributed by atoms with E-state index in [0.29, 0.717) is 0 Å². The first-order chi connectivity index (χ1) is 9.78. The molecule has 104 valence electrons. The minimum atomic E-state index is 0.187. The molecular formula is C18H20OS. The van der Waals surface area contributed by atoms with Crippen molar-refractivity contribution in [3.8, 4) is 0 Å². The second-order valence-electron chi connectivity index (χ2n) is 5.54. The molecule has 1 aromatic heterocycles. The number of fused-ring (bicyclic) bond motifs is 1. The van der Waals surface area contributed by atoms with Crippen LogP contribution in [0, 0.1) is 0 Å². The van der Waals surface area contributed by atoms with Gasteiger partial charge in [-0.05, 0) is 49.3 Å². The van der Waals surface area contributed by atoms with Gasteiger partial charge in [0.1, 0.15) is 0 Å². The van der Waals surface area contributed by atoms with E-state index in [1.54, 1.807) is 11.3 Å². The zero-order chi connectivity index (χ0) is 13.9. The Balaban J connectivity index is 1.82. The van der Waals surface area contributed by atoms with Crippen molar-refractivity contribution in [2.45, 2.75) is 45.4 Å². The summed E-state index contributed by atoms with van der Waals surface area (Å²) in [5.41, 5.74) is 3.55. The number of carbonyl (C=O) groups is 1. The molecule has 2 aromatic rings. The van der Waals surface area contributed by atoms with E-state index in [1.165, 1.54) is 28.8 Å². The zero-order valence-electron chi connectivity index (χ0n) is 11.9. The average molecular weight is 284 g/mol. The summed E-state index contributed by atoms with van der Waals surface area (Å²) in [5.74, 6) is 0.187. The second-order valence-corrected chi connectivity index (χ2v) is 6.68. The Kier molecular flexibility index (Phi) is 4.02. The van der Waals surface area contributed by atoms with Crippen molar-refractivity contribution in [3.63, 3.8) is 0 Å². The Labute approximate surface area is 124 Å². The summed E-state index contributed by atoms with van der Waals surface area (Å²) in [6.07, 6.45) is 7.07. The molecule has 0 aliphatic heterocycles. The molecule has 0 saturated carbocycles. The third kappa shape index (κ3) is 2.71. The highest BCUT2D eigenvalue weighted by atomic mass is 32.1. The van der Waals surface area contributed by atoms with E-state index in [-0.39, 0.29) is 5.78 Å². The van der Waals surface area contributed by atoms with Gasteiger partial charge in [-0.25, -0.2) is 0 Å². The fourth-order valence-corrected chi connectivity index (χ4v) is 4.07. The number of ketones is 1. The van der Waals surface area contributed by atoms with Gasteiger partial charge in [-0.15, -0.1) is 11.3 Å². The molecule has 0 radical (unpaired) electrons. The minimum absolute atomic E-state index is 0.187. The molecule has 1 nitrogen and oxygen atoms in total. The molecule has 0 amide bonds. The van der Waals surface area contributed by atoms with E-state index in [4.69, 9.17) is 0 Å². The molecule has 1 heterocycles. The van der Waals surface area contributed by atoms with Crippen LogP contribution in [0.3, 0.4) is 0 Å². The van der Waals surface area contributed by atoms with Crippen LogP contribution in [-0.2, 0) is 19.3 Å². The van der Waals surface area contributed by atoms with Crippen LogP contribution in [0.5, 0.6) is 0 Å². The maximum atomic E-state index is 12.5. The van der Waals surface area contributed by atoms with Gasteiger partial charge >= 0.3 is 0 Å². The van der Waals surface area contributed by atoms with E-state index in [1.807, 2.05) is 12.1 Å². The van der Waals surface area contributed by atoms with Gasteiger partial charge in [0.05, 0.1) is 4.88 Å². The first-order valence-electron chi connectivity index (χ1n) is 7.53. The highest BCUT2D eigenvalue weighted by molar-refractivity contribution is 7.14. The lowest BCUT2D eigenvalue weighted by atomic mass is 9.98. The molecule has 1 aliphatic carbocycles. The van der Waals surface area contributed by atoms with Crippen molar-refractivity contribution < 1.29 is 4.79 Å². The summed E-state index contributed by atoms with van der Waals surface area (Å²) in [6, 6.07) is 10.3. The maximum Gasteiger partial charge on any atom is 0.202 e.